The van der Waals surface area contributed by atoms with Crippen LogP contribution < -0.4 is 10.6 Å². The summed E-state index contributed by atoms with van der Waals surface area (Å²) in [5.41, 5.74) is 7.55. The van der Waals surface area contributed by atoms with Crippen molar-refractivity contribution in [3.05, 3.63) is 94.8 Å². The number of ether oxygens (including phenoxy) is 1. The van der Waals surface area contributed by atoms with Gasteiger partial charge >= 0.3 is 6.03 Å². The Labute approximate surface area is 199 Å². The van der Waals surface area contributed by atoms with E-state index in [1.165, 1.54) is 0 Å². The van der Waals surface area contributed by atoms with Gasteiger partial charge in [0.05, 0.1) is 18.0 Å². The summed E-state index contributed by atoms with van der Waals surface area (Å²) in [6.07, 6.45) is 1.81. The number of nitrogens with zero attached hydrogens (tertiary/aromatic N) is 3. The fourth-order valence-electron chi connectivity index (χ4n) is 3.78. The lowest BCUT2D eigenvalue weighted by atomic mass is 10.1. The van der Waals surface area contributed by atoms with Crippen molar-refractivity contribution >= 4 is 11.8 Å². The van der Waals surface area contributed by atoms with Gasteiger partial charge in [-0.15, -0.1) is 0 Å². The predicted octanol–water partition coefficient (Wildman–Crippen LogP) is 5.33. The summed E-state index contributed by atoms with van der Waals surface area (Å²) in [5.74, 6) is 0.615. The molecule has 0 radical (unpaired) electrons. The molecular formula is C27H29N5O2. The molecule has 0 atom stereocenters. The zero-order valence-corrected chi connectivity index (χ0v) is 19.9. The monoisotopic (exact) mass is 455 g/mol. The fraction of sp³-hybridized carbons (Fsp3) is 0.222. The summed E-state index contributed by atoms with van der Waals surface area (Å²) in [6.45, 7) is 6.87. The molecule has 0 aliphatic heterocycles. The normalized spacial score (nSPS) is 10.8. The topological polar surface area (TPSA) is 81.1 Å². The van der Waals surface area contributed by atoms with Crippen LogP contribution in [-0.2, 0) is 17.9 Å². The van der Waals surface area contributed by atoms with Crippen molar-refractivity contribution in [1.82, 2.24) is 20.1 Å². The number of pyridine rings is 1. The van der Waals surface area contributed by atoms with Crippen LogP contribution in [0.4, 0.5) is 10.6 Å². The smallest absolute Gasteiger partial charge is 0.320 e. The molecule has 0 saturated carbocycles. The minimum Gasteiger partial charge on any atom is -0.380 e. The molecule has 7 nitrogen and oxygen atoms in total. The van der Waals surface area contributed by atoms with E-state index in [9.17, 15) is 4.79 Å². The Kier molecular flexibility index (Phi) is 7.04. The summed E-state index contributed by atoms with van der Waals surface area (Å²) < 4.78 is 6.99. The van der Waals surface area contributed by atoms with Gasteiger partial charge in [-0.3, -0.25) is 10.3 Å². The number of rotatable bonds is 7. The number of nitrogens with one attached hydrogen (secondary N) is 2. The number of benzene rings is 2. The van der Waals surface area contributed by atoms with Gasteiger partial charge in [-0.05, 0) is 61.7 Å². The first-order chi connectivity index (χ1) is 16.5. The van der Waals surface area contributed by atoms with Crippen molar-refractivity contribution in [3.8, 4) is 16.9 Å². The molecular weight excluding hydrogens is 426 g/mol. The molecule has 4 rings (SSSR count). The van der Waals surface area contributed by atoms with Gasteiger partial charge in [0.25, 0.3) is 0 Å². The summed E-state index contributed by atoms with van der Waals surface area (Å²) in [5, 5.41) is 10.8. The van der Waals surface area contributed by atoms with Gasteiger partial charge in [-0.1, -0.05) is 36.4 Å². The second-order valence-electron chi connectivity index (χ2n) is 8.26. The third-order valence-electron chi connectivity index (χ3n) is 5.70. The molecule has 4 aromatic rings. The number of anilines is 1. The quantitative estimate of drug-likeness (QED) is 0.395. The first-order valence-electron chi connectivity index (χ1n) is 11.2. The number of aromatic nitrogens is 3. The molecule has 0 saturated heterocycles. The zero-order chi connectivity index (χ0) is 24.1. The summed E-state index contributed by atoms with van der Waals surface area (Å²) >= 11 is 0. The number of carbonyl (C=O) groups is 1. The molecule has 2 N–H and O–H groups in total. The number of amides is 2. The molecule has 174 valence electrons. The lowest BCUT2D eigenvalue weighted by Gasteiger charge is -2.13. The molecule has 2 amide bonds. The van der Waals surface area contributed by atoms with Crippen LogP contribution in [0.3, 0.4) is 0 Å². The molecule has 7 heteroatoms. The van der Waals surface area contributed by atoms with Gasteiger partial charge in [0.1, 0.15) is 5.82 Å². The van der Waals surface area contributed by atoms with Gasteiger partial charge < -0.3 is 10.1 Å². The number of hydrogen-bond acceptors (Lipinski definition) is 4. The van der Waals surface area contributed by atoms with E-state index in [1.807, 2.05) is 75.4 Å². The summed E-state index contributed by atoms with van der Waals surface area (Å²) in [7, 11) is 1.67. The molecule has 0 spiro atoms. The van der Waals surface area contributed by atoms with E-state index < -0.39 is 0 Å². The van der Waals surface area contributed by atoms with Crippen LogP contribution in [0.25, 0.3) is 16.9 Å². The van der Waals surface area contributed by atoms with Gasteiger partial charge in [0, 0.05) is 36.7 Å². The van der Waals surface area contributed by atoms with Gasteiger partial charge in [-0.25, -0.2) is 9.48 Å². The highest BCUT2D eigenvalue weighted by Gasteiger charge is 2.19. The fourth-order valence-corrected chi connectivity index (χ4v) is 3.78. The highest BCUT2D eigenvalue weighted by atomic mass is 16.5. The second-order valence-corrected chi connectivity index (χ2v) is 8.26. The number of methoxy groups -OCH3 is 1. The third kappa shape index (κ3) is 5.15. The number of carbonyl (C=O) groups excluding carboxylic acids is 1. The third-order valence-corrected chi connectivity index (χ3v) is 5.70. The Morgan fingerprint density at radius 1 is 1.03 bits per heavy atom. The lowest BCUT2D eigenvalue weighted by Crippen LogP contribution is -2.29. The minimum absolute atomic E-state index is 0.301. The molecule has 0 fully saturated rings. The largest absolute Gasteiger partial charge is 0.380 e. The number of para-hydroxylation sites is 1. The van der Waals surface area contributed by atoms with Crippen molar-refractivity contribution in [1.29, 1.82) is 0 Å². The first-order valence-corrected chi connectivity index (χ1v) is 11.2. The van der Waals surface area contributed by atoms with Crippen LogP contribution in [0.5, 0.6) is 0 Å². The molecule has 0 aliphatic carbocycles. The average molecular weight is 456 g/mol. The average Bonchev–Trinajstić information content (AvgIpc) is 3.16. The molecule has 2 heterocycles. The highest BCUT2D eigenvalue weighted by Crippen LogP contribution is 2.30. The number of urea groups is 1. The predicted molar refractivity (Wildman–Crippen MR) is 134 cm³/mol. The Morgan fingerprint density at radius 2 is 1.82 bits per heavy atom. The van der Waals surface area contributed by atoms with Crippen LogP contribution >= 0.6 is 0 Å². The van der Waals surface area contributed by atoms with Crippen LogP contribution in [0, 0.1) is 20.8 Å². The van der Waals surface area contributed by atoms with Gasteiger partial charge in [0.15, 0.2) is 0 Å². The minimum atomic E-state index is -0.301. The summed E-state index contributed by atoms with van der Waals surface area (Å²) in [6, 6.07) is 19.5. The molecule has 0 bridgehead atoms. The molecule has 34 heavy (non-hydrogen) atoms. The van der Waals surface area contributed by atoms with E-state index in [1.54, 1.807) is 18.0 Å². The molecule has 0 aliphatic rings. The molecule has 2 aromatic carbocycles. The second kappa shape index (κ2) is 10.3. The van der Waals surface area contributed by atoms with Crippen molar-refractivity contribution in [2.24, 2.45) is 0 Å². The van der Waals surface area contributed by atoms with Crippen molar-refractivity contribution in [3.63, 3.8) is 0 Å². The SMILES string of the molecule is COCc1ccc(C)c(CNC(=O)Nc2c(C)c(-c3ccc(C)nc3)nn2-c2ccccc2)c1. The standard InChI is InChI=1S/C27H29N5O2/c1-18-10-12-21(17-34-4)14-23(18)16-29-27(33)30-26-20(3)25(22-13-11-19(2)28-15-22)31-32(26)24-8-6-5-7-9-24/h5-15H,16-17H2,1-4H3,(H2,29,30,33). The first kappa shape index (κ1) is 23.2. The van der Waals surface area contributed by atoms with Crippen LogP contribution in [0.2, 0.25) is 0 Å². The van der Waals surface area contributed by atoms with Gasteiger partial charge in [0.2, 0.25) is 0 Å². The maximum Gasteiger partial charge on any atom is 0.320 e. The lowest BCUT2D eigenvalue weighted by molar-refractivity contribution is 0.185. The van der Waals surface area contributed by atoms with Gasteiger partial charge in [-0.2, -0.15) is 5.10 Å². The van der Waals surface area contributed by atoms with Crippen molar-refractivity contribution in [2.75, 3.05) is 12.4 Å². The van der Waals surface area contributed by atoms with E-state index in [4.69, 9.17) is 9.84 Å². The van der Waals surface area contributed by atoms with Crippen LogP contribution in [-0.4, -0.2) is 27.9 Å². The Hall–Kier alpha value is -3.97. The van der Waals surface area contributed by atoms with E-state index in [0.29, 0.717) is 19.0 Å². The molecule has 0 unspecified atom stereocenters. The Bertz CT molecular complexity index is 1280. The van der Waals surface area contributed by atoms with Crippen LogP contribution in [0.1, 0.15) is 27.9 Å². The van der Waals surface area contributed by atoms with E-state index in [0.717, 1.165) is 44.9 Å². The Balaban J connectivity index is 1.60. The number of hydrogen-bond donors (Lipinski definition) is 2. The molecule has 2 aromatic heterocycles. The van der Waals surface area contributed by atoms with E-state index in [2.05, 4.69) is 21.7 Å². The van der Waals surface area contributed by atoms with Crippen LogP contribution in [0.15, 0.2) is 66.9 Å². The number of aryl methyl sites for hydroxylation is 2. The van der Waals surface area contributed by atoms with Crippen molar-refractivity contribution in [2.45, 2.75) is 33.9 Å². The Morgan fingerprint density at radius 3 is 2.53 bits per heavy atom. The maximum atomic E-state index is 12.9. The highest BCUT2D eigenvalue weighted by molar-refractivity contribution is 5.90. The van der Waals surface area contributed by atoms with E-state index >= 15 is 0 Å². The summed E-state index contributed by atoms with van der Waals surface area (Å²) in [4.78, 5) is 17.3. The maximum absolute atomic E-state index is 12.9. The zero-order valence-electron chi connectivity index (χ0n) is 19.9. The van der Waals surface area contributed by atoms with E-state index in [-0.39, 0.29) is 6.03 Å². The van der Waals surface area contributed by atoms with Crippen molar-refractivity contribution < 1.29 is 9.53 Å².